The summed E-state index contributed by atoms with van der Waals surface area (Å²) in [5.74, 6) is -5.76. The van der Waals surface area contributed by atoms with Crippen molar-refractivity contribution >= 4 is 89.8 Å². The quantitative estimate of drug-likeness (QED) is 0.131. The van der Waals surface area contributed by atoms with E-state index in [0.717, 1.165) is 3.57 Å². The molecule has 0 amide bonds. The monoisotopic (exact) mass is 830 g/mol. The van der Waals surface area contributed by atoms with E-state index in [0.29, 0.717) is 7.14 Å². The minimum Gasteiger partial charge on any atom is -0.438 e. The lowest BCUT2D eigenvalue weighted by molar-refractivity contribution is -0.361. The number of hydrogen-bond acceptors (Lipinski definition) is 6. The van der Waals surface area contributed by atoms with Gasteiger partial charge in [-0.2, -0.15) is 34.8 Å². The summed E-state index contributed by atoms with van der Waals surface area (Å²) < 4.78 is 119. The number of alkyl halides is 6. The van der Waals surface area contributed by atoms with Gasteiger partial charge in [0, 0.05) is 16.4 Å². The molecule has 0 heterocycles. The van der Waals surface area contributed by atoms with Crippen LogP contribution in [0.15, 0.2) is 12.1 Å². The molecule has 1 aromatic rings. The van der Waals surface area contributed by atoms with Crippen LogP contribution in [0, 0.1) is 10.7 Å². The fourth-order valence-corrected chi connectivity index (χ4v) is 6.84. The number of esters is 2. The highest BCUT2D eigenvalue weighted by Crippen LogP contribution is 2.47. The van der Waals surface area contributed by atoms with E-state index in [1.807, 2.05) is 67.8 Å². The molecule has 1 N–H and O–H groups in total. The number of hydrogen-bond donors (Lipinski definition) is 1. The molecule has 0 aliphatic rings. The normalized spacial score (nSPS) is 13.1. The third-order valence-corrected chi connectivity index (χ3v) is 6.53. The van der Waals surface area contributed by atoms with E-state index in [4.69, 9.17) is 9.29 Å². The van der Waals surface area contributed by atoms with E-state index in [2.05, 4.69) is 4.74 Å². The molecule has 7 nitrogen and oxygen atoms in total. The molecule has 0 saturated carbocycles. The van der Waals surface area contributed by atoms with Crippen molar-refractivity contribution in [3.05, 3.63) is 22.8 Å². The lowest BCUT2D eigenvalue weighted by Gasteiger charge is -2.35. The molecule has 0 saturated heterocycles. The predicted molar refractivity (Wildman–Crippen MR) is 121 cm³/mol. The third kappa shape index (κ3) is 8.25. The van der Waals surface area contributed by atoms with E-state index >= 15 is 0 Å². The van der Waals surface area contributed by atoms with Crippen LogP contribution >= 0.6 is 67.8 Å². The van der Waals surface area contributed by atoms with Gasteiger partial charge >= 0.3 is 29.9 Å². The Kier molecular flexibility index (Phi) is 10.3. The highest BCUT2D eigenvalue weighted by molar-refractivity contribution is 14.1. The summed E-state index contributed by atoms with van der Waals surface area (Å²) in [6.07, 6.45) is -15.0. The first-order valence-electron chi connectivity index (χ1n) is 7.95. The molecule has 0 atom stereocenters. The Morgan fingerprint density at radius 3 is 1.75 bits per heavy atom. The van der Waals surface area contributed by atoms with Crippen molar-refractivity contribution in [1.29, 1.82) is 0 Å². The number of carbonyl (C=O) groups is 2. The topological polar surface area (TPSA) is 107 Å². The van der Waals surface area contributed by atoms with Crippen LogP contribution in [0.4, 0.5) is 26.3 Å². The predicted octanol–water partition coefficient (Wildman–Crippen LogP) is 4.87. The van der Waals surface area contributed by atoms with Crippen molar-refractivity contribution < 1.29 is 58.4 Å². The van der Waals surface area contributed by atoms with E-state index < -0.39 is 65.0 Å². The van der Waals surface area contributed by atoms with Crippen LogP contribution in [-0.2, 0) is 24.4 Å². The second-order valence-corrected chi connectivity index (χ2v) is 11.1. The molecular formula is C15H11F6I3O7S. The highest BCUT2D eigenvalue weighted by Gasteiger charge is 2.75. The maximum Gasteiger partial charge on any atom is 0.438 e. The summed E-state index contributed by atoms with van der Waals surface area (Å²) in [6.45, 7) is 0. The second-order valence-electron chi connectivity index (χ2n) is 6.05. The summed E-state index contributed by atoms with van der Waals surface area (Å²) >= 11 is 5.81. The third-order valence-electron chi connectivity index (χ3n) is 3.53. The maximum atomic E-state index is 13.1. The van der Waals surface area contributed by atoms with E-state index in [1.165, 1.54) is 0 Å². The fourth-order valence-electron chi connectivity index (χ4n) is 2.14. The molecular weight excluding hydrogens is 819 g/mol. The van der Waals surface area contributed by atoms with Gasteiger partial charge in [-0.15, -0.1) is 0 Å². The number of rotatable bonds is 8. The molecule has 182 valence electrons. The molecule has 17 heteroatoms. The number of carbonyl (C=O) groups excluding carboxylic acids is 2. The average molecular weight is 830 g/mol. The Morgan fingerprint density at radius 1 is 0.906 bits per heavy atom. The van der Waals surface area contributed by atoms with Crippen molar-refractivity contribution in [1.82, 2.24) is 0 Å². The lowest BCUT2D eigenvalue weighted by Crippen LogP contribution is -2.63. The van der Waals surface area contributed by atoms with E-state index in [9.17, 15) is 44.3 Å². The Hall–Kier alpha value is -0.160. The van der Waals surface area contributed by atoms with Crippen molar-refractivity contribution in [3.8, 4) is 5.75 Å². The minimum absolute atomic E-state index is 0.195. The SMILES string of the molecule is O=C(CCCC(=O)OC(CS(=O)(=O)O)(C(F)(F)F)C(F)(F)F)Oc1c(I)cc(I)cc1I. The number of benzene rings is 1. The van der Waals surface area contributed by atoms with Crippen molar-refractivity contribution in [2.24, 2.45) is 0 Å². The van der Waals surface area contributed by atoms with Crippen LogP contribution < -0.4 is 4.74 Å². The van der Waals surface area contributed by atoms with Crippen LogP contribution in [0.3, 0.4) is 0 Å². The molecule has 0 fully saturated rings. The summed E-state index contributed by atoms with van der Waals surface area (Å²) in [4.78, 5) is 23.6. The molecule has 0 radical (unpaired) electrons. The Morgan fingerprint density at radius 2 is 1.34 bits per heavy atom. The Balaban J connectivity index is 2.87. The molecule has 0 bridgehead atoms. The standard InChI is InChI=1S/C15H11F6I3O7S/c16-14(17,18)13(15(19,20)21,6-32(27,28)29)31-11(26)3-1-2-10(25)30-12-8(23)4-7(22)5-9(12)24/h4-5H,1-3,6H2,(H,27,28,29). The molecule has 0 spiro atoms. The molecule has 0 aliphatic carbocycles. The van der Waals surface area contributed by atoms with Crippen LogP contribution in [0.25, 0.3) is 0 Å². The molecule has 0 aromatic heterocycles. The Bertz CT molecular complexity index is 942. The van der Waals surface area contributed by atoms with Crippen LogP contribution in [0.5, 0.6) is 5.75 Å². The van der Waals surface area contributed by atoms with Gasteiger partial charge in [-0.3, -0.25) is 14.1 Å². The summed E-state index contributed by atoms with van der Waals surface area (Å²) in [6, 6.07) is 3.37. The van der Waals surface area contributed by atoms with E-state index in [1.54, 1.807) is 12.1 Å². The van der Waals surface area contributed by atoms with Crippen LogP contribution in [-0.4, -0.2) is 48.6 Å². The van der Waals surface area contributed by atoms with Gasteiger partial charge in [0.2, 0.25) is 0 Å². The van der Waals surface area contributed by atoms with Crippen molar-refractivity contribution in [3.63, 3.8) is 0 Å². The first kappa shape index (κ1) is 29.9. The molecule has 1 rings (SSSR count). The smallest absolute Gasteiger partial charge is 0.438 e. The summed E-state index contributed by atoms with van der Waals surface area (Å²) in [5.41, 5.74) is -5.47. The lowest BCUT2D eigenvalue weighted by atomic mass is 10.1. The van der Waals surface area contributed by atoms with Gasteiger partial charge < -0.3 is 9.47 Å². The molecule has 0 aliphatic heterocycles. The number of ether oxygens (including phenoxy) is 2. The van der Waals surface area contributed by atoms with Gasteiger partial charge in [-0.25, -0.2) is 0 Å². The second kappa shape index (κ2) is 11.1. The van der Waals surface area contributed by atoms with Crippen LogP contribution in [0.2, 0.25) is 0 Å². The van der Waals surface area contributed by atoms with E-state index in [-0.39, 0.29) is 5.75 Å². The Labute approximate surface area is 218 Å². The van der Waals surface area contributed by atoms with Gasteiger partial charge in [0.15, 0.2) is 5.75 Å². The average Bonchev–Trinajstić information content (AvgIpc) is 2.54. The summed E-state index contributed by atoms with van der Waals surface area (Å²) in [7, 11) is -5.87. The molecule has 0 unspecified atom stereocenters. The highest BCUT2D eigenvalue weighted by atomic mass is 127. The zero-order valence-electron chi connectivity index (χ0n) is 15.2. The fraction of sp³-hybridized carbons (Fsp3) is 0.467. The van der Waals surface area contributed by atoms with Gasteiger partial charge in [0.25, 0.3) is 10.1 Å². The van der Waals surface area contributed by atoms with Crippen LogP contribution in [0.1, 0.15) is 19.3 Å². The minimum atomic E-state index is -6.41. The number of halogens is 9. The van der Waals surface area contributed by atoms with Gasteiger partial charge in [0.05, 0.1) is 7.14 Å². The zero-order valence-corrected chi connectivity index (χ0v) is 22.5. The van der Waals surface area contributed by atoms with Gasteiger partial charge in [0.1, 0.15) is 5.75 Å². The van der Waals surface area contributed by atoms with Crippen molar-refractivity contribution in [2.75, 3.05) is 5.75 Å². The molecule has 1 aromatic carbocycles. The van der Waals surface area contributed by atoms with Crippen molar-refractivity contribution in [2.45, 2.75) is 37.2 Å². The maximum absolute atomic E-state index is 13.1. The van der Waals surface area contributed by atoms with Gasteiger partial charge in [-0.05, 0) is 86.3 Å². The first-order chi connectivity index (χ1) is 14.3. The first-order valence-corrected chi connectivity index (χ1v) is 12.8. The molecule has 32 heavy (non-hydrogen) atoms. The largest absolute Gasteiger partial charge is 0.438 e. The zero-order chi connectivity index (χ0) is 25.1. The van der Waals surface area contributed by atoms with Gasteiger partial charge in [-0.1, -0.05) is 0 Å². The summed E-state index contributed by atoms with van der Waals surface area (Å²) in [5, 5.41) is 0.